The Balaban J connectivity index is 1.55. The third-order valence-corrected chi connectivity index (χ3v) is 7.08. The van der Waals surface area contributed by atoms with E-state index >= 15 is 0 Å². The number of nitrogens with one attached hydrogen (secondary N) is 1. The highest BCUT2D eigenvalue weighted by Crippen LogP contribution is 2.39. The molecule has 0 amide bonds. The summed E-state index contributed by atoms with van der Waals surface area (Å²) in [6, 6.07) is 0. The van der Waals surface area contributed by atoms with Crippen LogP contribution in [0.3, 0.4) is 0 Å². The topological polar surface area (TPSA) is 169 Å². The fraction of sp³-hybridized carbons (Fsp3) is 0.556. The zero-order valence-electron chi connectivity index (χ0n) is 17.8. The number of aryl methyl sites for hydroxylation is 1. The summed E-state index contributed by atoms with van der Waals surface area (Å²) in [6.07, 6.45) is 0.396. The summed E-state index contributed by atoms with van der Waals surface area (Å²) >= 11 is 0. The van der Waals surface area contributed by atoms with Gasteiger partial charge in [-0.3, -0.25) is 4.57 Å². The van der Waals surface area contributed by atoms with Gasteiger partial charge in [0.15, 0.2) is 29.3 Å². The molecule has 174 valence electrons. The van der Waals surface area contributed by atoms with Crippen molar-refractivity contribution in [3.63, 3.8) is 0 Å². The van der Waals surface area contributed by atoms with Gasteiger partial charge < -0.3 is 24.7 Å². The molecule has 1 saturated heterocycles. The summed E-state index contributed by atoms with van der Waals surface area (Å²) in [5.74, 6) is 1.04. The number of hydrogen-bond donors (Lipinski definition) is 3. The number of sulfonamides is 1. The molecule has 0 aromatic carbocycles. The lowest BCUT2D eigenvalue weighted by Crippen LogP contribution is -2.29. The summed E-state index contributed by atoms with van der Waals surface area (Å²) in [5.41, 5.74) is 0.712. The van der Waals surface area contributed by atoms with Crippen LogP contribution in [0.4, 0.5) is 5.82 Å². The molecule has 0 aliphatic carbocycles. The minimum Gasteiger partial charge on any atom is -0.443 e. The lowest BCUT2D eigenvalue weighted by Gasteiger charge is -2.16. The van der Waals surface area contributed by atoms with Gasteiger partial charge in [-0.15, -0.1) is 0 Å². The Hall–Kier alpha value is -2.65. The first-order valence-corrected chi connectivity index (χ1v) is 11.6. The van der Waals surface area contributed by atoms with Crippen LogP contribution in [-0.4, -0.2) is 86.0 Å². The molecule has 0 spiro atoms. The molecule has 13 nitrogen and oxygen atoms in total. The van der Waals surface area contributed by atoms with E-state index in [1.165, 1.54) is 31.3 Å². The summed E-state index contributed by atoms with van der Waals surface area (Å²) in [7, 11) is -0.433. The number of aliphatic hydroxyl groups excluding tert-OH is 2. The SMILES string of the molecule is CCc1cnc([C@H]2O[C@@H](n3cnc4c(NCCS(=O)(=O)N(C)C)ncnc43)[C@H](O)[C@@H]2O)o1. The smallest absolute Gasteiger partial charge is 0.226 e. The van der Waals surface area contributed by atoms with E-state index in [4.69, 9.17) is 9.15 Å². The molecule has 3 aromatic rings. The van der Waals surface area contributed by atoms with E-state index in [0.29, 0.717) is 29.2 Å². The van der Waals surface area contributed by atoms with Crippen molar-refractivity contribution in [1.82, 2.24) is 28.8 Å². The summed E-state index contributed by atoms with van der Waals surface area (Å²) in [5, 5.41) is 24.1. The highest BCUT2D eigenvalue weighted by Gasteiger charge is 2.47. The lowest BCUT2D eigenvalue weighted by atomic mass is 10.1. The summed E-state index contributed by atoms with van der Waals surface area (Å²) in [6.45, 7) is 2.03. The molecule has 0 unspecified atom stereocenters. The number of aromatic nitrogens is 5. The molecular formula is C18H25N7O6S. The fourth-order valence-corrected chi connectivity index (χ4v) is 4.08. The third-order valence-electron chi connectivity index (χ3n) is 5.24. The molecule has 14 heteroatoms. The Morgan fingerprint density at radius 2 is 1.97 bits per heavy atom. The molecule has 0 radical (unpaired) electrons. The predicted molar refractivity (Wildman–Crippen MR) is 112 cm³/mol. The Kier molecular flexibility index (Phi) is 6.13. The van der Waals surface area contributed by atoms with Gasteiger partial charge in [0, 0.05) is 27.1 Å². The van der Waals surface area contributed by atoms with Gasteiger partial charge in [0.05, 0.1) is 18.3 Å². The van der Waals surface area contributed by atoms with Crippen LogP contribution in [0.15, 0.2) is 23.3 Å². The average Bonchev–Trinajstić information content (AvgIpc) is 3.47. The summed E-state index contributed by atoms with van der Waals surface area (Å²) in [4.78, 5) is 16.8. The van der Waals surface area contributed by atoms with E-state index in [2.05, 4.69) is 25.3 Å². The van der Waals surface area contributed by atoms with Crippen LogP contribution in [0.25, 0.3) is 11.2 Å². The molecular weight excluding hydrogens is 442 g/mol. The number of nitrogens with zero attached hydrogens (tertiary/aromatic N) is 6. The molecule has 1 aliphatic heterocycles. The second-order valence-electron chi connectivity index (χ2n) is 7.52. The number of fused-ring (bicyclic) bond motifs is 1. The molecule has 4 rings (SSSR count). The number of imidazole rings is 1. The number of rotatable bonds is 8. The molecule has 1 fully saturated rings. The monoisotopic (exact) mass is 467 g/mol. The summed E-state index contributed by atoms with van der Waals surface area (Å²) < 4.78 is 38.0. The number of oxazole rings is 1. The molecule has 3 aromatic heterocycles. The standard InChI is InChI=1S/C18H25N7O6S/c1-4-10-7-20-17(30-10)14-12(26)13(27)18(31-14)25-9-23-11-15(21-8-22-16(11)25)19-5-6-32(28,29)24(2)3/h7-9,12-14,18,26-27H,4-6H2,1-3H3,(H,19,21,22)/t12-,13+,14-,18+/m0/s1. The fourth-order valence-electron chi connectivity index (χ4n) is 3.36. The van der Waals surface area contributed by atoms with Crippen molar-refractivity contribution in [3.05, 3.63) is 30.5 Å². The van der Waals surface area contributed by atoms with E-state index < -0.39 is 34.6 Å². The third kappa shape index (κ3) is 4.06. The van der Waals surface area contributed by atoms with E-state index in [1.807, 2.05) is 6.92 Å². The van der Waals surface area contributed by atoms with Gasteiger partial charge in [-0.2, -0.15) is 0 Å². The Labute approximate surface area is 184 Å². The number of aliphatic hydroxyl groups is 2. The Morgan fingerprint density at radius 3 is 2.66 bits per heavy atom. The van der Waals surface area contributed by atoms with Crippen molar-refractivity contribution in [1.29, 1.82) is 0 Å². The van der Waals surface area contributed by atoms with E-state index in [-0.39, 0.29) is 18.2 Å². The first kappa shape index (κ1) is 22.5. The molecule has 0 saturated carbocycles. The minimum atomic E-state index is -3.37. The van der Waals surface area contributed by atoms with Crippen molar-refractivity contribution in [2.45, 2.75) is 37.9 Å². The maximum atomic E-state index is 12.0. The van der Waals surface area contributed by atoms with Gasteiger partial charge in [-0.1, -0.05) is 6.92 Å². The van der Waals surface area contributed by atoms with Crippen LogP contribution >= 0.6 is 0 Å². The Bertz CT molecular complexity index is 1190. The molecule has 0 bridgehead atoms. The van der Waals surface area contributed by atoms with Crippen molar-refractivity contribution in [2.75, 3.05) is 31.7 Å². The number of ether oxygens (including phenoxy) is 1. The van der Waals surface area contributed by atoms with Gasteiger partial charge in [0.2, 0.25) is 15.9 Å². The van der Waals surface area contributed by atoms with Crippen LogP contribution in [0.2, 0.25) is 0 Å². The average molecular weight is 468 g/mol. The van der Waals surface area contributed by atoms with Gasteiger partial charge in [-0.25, -0.2) is 32.7 Å². The van der Waals surface area contributed by atoms with Crippen molar-refractivity contribution < 1.29 is 27.8 Å². The zero-order chi connectivity index (χ0) is 23.0. The minimum absolute atomic E-state index is 0.118. The highest BCUT2D eigenvalue weighted by atomic mass is 32.2. The second kappa shape index (κ2) is 8.71. The van der Waals surface area contributed by atoms with Gasteiger partial charge in [0.25, 0.3) is 0 Å². The van der Waals surface area contributed by atoms with Crippen molar-refractivity contribution in [2.24, 2.45) is 0 Å². The van der Waals surface area contributed by atoms with Crippen molar-refractivity contribution >= 4 is 27.0 Å². The van der Waals surface area contributed by atoms with Gasteiger partial charge in [0.1, 0.15) is 24.3 Å². The molecule has 3 N–H and O–H groups in total. The van der Waals surface area contributed by atoms with Gasteiger partial charge >= 0.3 is 0 Å². The highest BCUT2D eigenvalue weighted by molar-refractivity contribution is 7.89. The van der Waals surface area contributed by atoms with Crippen LogP contribution in [-0.2, 0) is 21.2 Å². The van der Waals surface area contributed by atoms with Gasteiger partial charge in [-0.05, 0) is 0 Å². The Morgan fingerprint density at radius 1 is 1.19 bits per heavy atom. The van der Waals surface area contributed by atoms with Crippen LogP contribution in [0.5, 0.6) is 0 Å². The molecule has 4 atom stereocenters. The van der Waals surface area contributed by atoms with E-state index in [0.717, 1.165) is 4.31 Å². The second-order valence-corrected chi connectivity index (χ2v) is 9.82. The van der Waals surface area contributed by atoms with Crippen molar-refractivity contribution in [3.8, 4) is 0 Å². The maximum absolute atomic E-state index is 12.0. The first-order valence-electron chi connectivity index (χ1n) is 10.0. The predicted octanol–water partition coefficient (Wildman–Crippen LogP) is -0.328. The normalized spacial score (nSPS) is 23.9. The molecule has 1 aliphatic rings. The van der Waals surface area contributed by atoms with E-state index in [1.54, 1.807) is 6.20 Å². The molecule has 4 heterocycles. The zero-order valence-corrected chi connectivity index (χ0v) is 18.6. The quantitative estimate of drug-likeness (QED) is 0.396. The van der Waals surface area contributed by atoms with Crippen LogP contribution in [0.1, 0.15) is 30.9 Å². The first-order chi connectivity index (χ1) is 15.2. The van der Waals surface area contributed by atoms with E-state index in [9.17, 15) is 18.6 Å². The molecule has 32 heavy (non-hydrogen) atoms. The number of hydrogen-bond acceptors (Lipinski definition) is 11. The number of anilines is 1. The largest absolute Gasteiger partial charge is 0.443 e. The van der Waals surface area contributed by atoms with Crippen LogP contribution in [0, 0.1) is 0 Å². The van der Waals surface area contributed by atoms with Crippen LogP contribution < -0.4 is 5.32 Å². The maximum Gasteiger partial charge on any atom is 0.226 e. The lowest BCUT2D eigenvalue weighted by molar-refractivity contribution is -0.0439.